The third-order valence-electron chi connectivity index (χ3n) is 5.42. The van der Waals surface area contributed by atoms with E-state index in [2.05, 4.69) is 27.3 Å². The monoisotopic (exact) mass is 365 g/mol. The third-order valence-corrected chi connectivity index (χ3v) is 5.42. The number of hydrogen-bond acceptors (Lipinski definition) is 2. The van der Waals surface area contributed by atoms with Crippen molar-refractivity contribution in [2.45, 2.75) is 31.6 Å². The van der Waals surface area contributed by atoms with Gasteiger partial charge in [0.25, 0.3) is 5.91 Å². The third kappa shape index (κ3) is 3.88. The van der Waals surface area contributed by atoms with Crippen LogP contribution < -0.4 is 5.32 Å². The van der Waals surface area contributed by atoms with Crippen molar-refractivity contribution in [3.05, 3.63) is 71.9 Å². The van der Waals surface area contributed by atoms with Crippen molar-refractivity contribution in [2.24, 2.45) is 0 Å². The number of carbonyl (C=O) groups excluding carboxylic acids is 1. The highest BCUT2D eigenvalue weighted by atomic mass is 19.1. The molecule has 0 aliphatic carbocycles. The Morgan fingerprint density at radius 1 is 1.07 bits per heavy atom. The van der Waals surface area contributed by atoms with E-state index in [-0.39, 0.29) is 12.8 Å². The van der Waals surface area contributed by atoms with Crippen LogP contribution in [-0.2, 0) is 17.9 Å². The minimum atomic E-state index is -1.77. The second-order valence-corrected chi connectivity index (χ2v) is 7.27. The van der Waals surface area contributed by atoms with Gasteiger partial charge in [-0.1, -0.05) is 48.5 Å². The number of hydrogen-bond donors (Lipinski definition) is 2. The van der Waals surface area contributed by atoms with E-state index in [0.717, 1.165) is 17.6 Å². The number of alkyl halides is 1. The van der Waals surface area contributed by atoms with Gasteiger partial charge in [-0.2, -0.15) is 0 Å². The van der Waals surface area contributed by atoms with E-state index in [4.69, 9.17) is 0 Å². The van der Waals surface area contributed by atoms with Crippen molar-refractivity contribution in [1.29, 1.82) is 0 Å². The highest BCUT2D eigenvalue weighted by molar-refractivity contribution is 5.85. The number of piperidine rings is 1. The van der Waals surface area contributed by atoms with Crippen LogP contribution in [0.4, 0.5) is 4.39 Å². The van der Waals surface area contributed by atoms with Crippen molar-refractivity contribution in [1.82, 2.24) is 15.2 Å². The molecule has 1 aliphatic heterocycles. The molecule has 4 nitrogen and oxygen atoms in total. The van der Waals surface area contributed by atoms with Gasteiger partial charge in [-0.15, -0.1) is 0 Å². The molecule has 1 fully saturated rings. The number of para-hydroxylation sites is 1. The number of rotatable bonds is 5. The van der Waals surface area contributed by atoms with Crippen LogP contribution in [0.15, 0.2) is 60.8 Å². The molecule has 2 heterocycles. The summed E-state index contributed by atoms with van der Waals surface area (Å²) in [6.07, 6.45) is 2.49. The molecule has 0 bridgehead atoms. The number of likely N-dealkylation sites (tertiary alicyclic amines) is 1. The molecule has 3 aromatic rings. The van der Waals surface area contributed by atoms with Gasteiger partial charge in [-0.05, 0) is 17.2 Å². The molecule has 1 aliphatic rings. The second kappa shape index (κ2) is 7.53. The lowest BCUT2D eigenvalue weighted by molar-refractivity contribution is -0.136. The van der Waals surface area contributed by atoms with Gasteiger partial charge in [0, 0.05) is 56.1 Å². The number of benzene rings is 2. The minimum absolute atomic E-state index is 0.232. The summed E-state index contributed by atoms with van der Waals surface area (Å²) in [5, 5.41) is 3.96. The summed E-state index contributed by atoms with van der Waals surface area (Å²) in [7, 11) is 0. The van der Waals surface area contributed by atoms with Gasteiger partial charge in [-0.3, -0.25) is 9.69 Å². The molecule has 0 spiro atoms. The van der Waals surface area contributed by atoms with Crippen LogP contribution in [0.1, 0.15) is 24.0 Å². The van der Waals surface area contributed by atoms with Crippen LogP contribution in [0.25, 0.3) is 10.9 Å². The lowest BCUT2D eigenvalue weighted by atomic mass is 9.92. The Bertz CT molecular complexity index is 913. The molecule has 5 heteroatoms. The quantitative estimate of drug-likeness (QED) is 0.723. The van der Waals surface area contributed by atoms with Gasteiger partial charge in [0.2, 0.25) is 0 Å². The SMILES string of the molecule is O=C(NCc1ccccc1)C1(F)CCN(Cc2c[nH]c3ccccc23)CC1. The van der Waals surface area contributed by atoms with E-state index in [9.17, 15) is 4.79 Å². The number of halogens is 1. The average molecular weight is 365 g/mol. The van der Waals surface area contributed by atoms with E-state index < -0.39 is 11.6 Å². The first-order valence-corrected chi connectivity index (χ1v) is 9.42. The smallest absolute Gasteiger partial charge is 0.258 e. The zero-order chi connectivity index (χ0) is 18.7. The summed E-state index contributed by atoms with van der Waals surface area (Å²) >= 11 is 0. The Balaban J connectivity index is 1.33. The van der Waals surface area contributed by atoms with Gasteiger partial charge in [0.1, 0.15) is 0 Å². The van der Waals surface area contributed by atoms with Crippen molar-refractivity contribution in [2.75, 3.05) is 13.1 Å². The normalized spacial score (nSPS) is 17.1. The summed E-state index contributed by atoms with van der Waals surface area (Å²) in [6, 6.07) is 17.8. The molecular formula is C22H24FN3O. The maximum absolute atomic E-state index is 15.1. The maximum Gasteiger partial charge on any atom is 0.258 e. The number of aromatic nitrogens is 1. The lowest BCUT2D eigenvalue weighted by Crippen LogP contribution is -2.50. The zero-order valence-corrected chi connectivity index (χ0v) is 15.2. The molecule has 0 saturated carbocycles. The Kier molecular flexibility index (Phi) is 4.94. The molecule has 0 atom stereocenters. The summed E-state index contributed by atoms with van der Waals surface area (Å²) in [5.41, 5.74) is 1.53. The predicted octanol–water partition coefficient (Wildman–Crippen LogP) is 3.79. The van der Waals surface area contributed by atoms with Crippen LogP contribution in [0, 0.1) is 0 Å². The standard InChI is InChI=1S/C22H24FN3O/c23-22(21(27)25-14-17-6-2-1-3-7-17)10-12-26(13-11-22)16-18-15-24-20-9-5-4-8-19(18)20/h1-9,15,24H,10-14,16H2,(H,25,27). The largest absolute Gasteiger partial charge is 0.361 e. The van der Waals surface area contributed by atoms with E-state index in [1.807, 2.05) is 48.7 Å². The van der Waals surface area contributed by atoms with Gasteiger partial charge in [-0.25, -0.2) is 4.39 Å². The molecular weight excluding hydrogens is 341 g/mol. The van der Waals surface area contributed by atoms with Crippen LogP contribution in [0.2, 0.25) is 0 Å². The average Bonchev–Trinajstić information content (AvgIpc) is 3.12. The molecule has 0 unspecified atom stereocenters. The van der Waals surface area contributed by atoms with Crippen molar-refractivity contribution >= 4 is 16.8 Å². The van der Waals surface area contributed by atoms with Gasteiger partial charge < -0.3 is 10.3 Å². The number of fused-ring (bicyclic) bond motifs is 1. The number of nitrogens with one attached hydrogen (secondary N) is 2. The molecule has 27 heavy (non-hydrogen) atoms. The van der Waals surface area contributed by atoms with Crippen LogP contribution >= 0.6 is 0 Å². The number of H-pyrrole nitrogens is 1. The molecule has 140 valence electrons. The van der Waals surface area contributed by atoms with Crippen molar-refractivity contribution < 1.29 is 9.18 Å². The Morgan fingerprint density at radius 3 is 2.56 bits per heavy atom. The zero-order valence-electron chi connectivity index (χ0n) is 15.2. The van der Waals surface area contributed by atoms with Gasteiger partial charge in [0.15, 0.2) is 5.67 Å². The Labute approximate surface area is 158 Å². The molecule has 0 radical (unpaired) electrons. The fraction of sp³-hybridized carbons (Fsp3) is 0.318. The highest BCUT2D eigenvalue weighted by Crippen LogP contribution is 2.29. The van der Waals surface area contributed by atoms with Crippen molar-refractivity contribution in [3.8, 4) is 0 Å². The first-order valence-electron chi connectivity index (χ1n) is 9.42. The van der Waals surface area contributed by atoms with E-state index in [1.54, 1.807) is 0 Å². The fourth-order valence-electron chi connectivity index (χ4n) is 3.73. The summed E-state index contributed by atoms with van der Waals surface area (Å²) in [6.45, 7) is 2.29. The fourth-order valence-corrected chi connectivity index (χ4v) is 3.73. The molecule has 1 saturated heterocycles. The first-order chi connectivity index (χ1) is 13.1. The number of aromatic amines is 1. The highest BCUT2D eigenvalue weighted by Gasteiger charge is 2.41. The van der Waals surface area contributed by atoms with Crippen LogP contribution in [0.3, 0.4) is 0 Å². The topological polar surface area (TPSA) is 48.1 Å². The number of amides is 1. The van der Waals surface area contributed by atoms with Crippen LogP contribution in [0.5, 0.6) is 0 Å². The maximum atomic E-state index is 15.1. The van der Waals surface area contributed by atoms with E-state index >= 15 is 4.39 Å². The number of carbonyl (C=O) groups is 1. The van der Waals surface area contributed by atoms with Gasteiger partial charge >= 0.3 is 0 Å². The van der Waals surface area contributed by atoms with E-state index in [1.165, 1.54) is 10.9 Å². The first kappa shape index (κ1) is 17.7. The molecule has 4 rings (SSSR count). The van der Waals surface area contributed by atoms with E-state index in [0.29, 0.717) is 19.6 Å². The van der Waals surface area contributed by atoms with Gasteiger partial charge in [0.05, 0.1) is 0 Å². The Morgan fingerprint density at radius 2 is 1.78 bits per heavy atom. The summed E-state index contributed by atoms with van der Waals surface area (Å²) < 4.78 is 15.1. The van der Waals surface area contributed by atoms with Crippen LogP contribution in [-0.4, -0.2) is 34.5 Å². The second-order valence-electron chi connectivity index (χ2n) is 7.27. The lowest BCUT2D eigenvalue weighted by Gasteiger charge is -2.35. The van der Waals surface area contributed by atoms with Crippen molar-refractivity contribution in [3.63, 3.8) is 0 Å². The predicted molar refractivity (Wildman–Crippen MR) is 105 cm³/mol. The minimum Gasteiger partial charge on any atom is -0.361 e. The molecule has 2 N–H and O–H groups in total. The number of nitrogens with zero attached hydrogens (tertiary/aromatic N) is 1. The molecule has 1 amide bonds. The summed E-state index contributed by atoms with van der Waals surface area (Å²) in [5.74, 6) is -0.488. The summed E-state index contributed by atoms with van der Waals surface area (Å²) in [4.78, 5) is 17.9. The Hall–Kier alpha value is -2.66. The molecule has 1 aromatic heterocycles. The molecule has 2 aromatic carbocycles.